The SMILES string of the molecule is C=CC(C)(C)OCCCO. The lowest BCUT2D eigenvalue weighted by atomic mass is 10.1. The number of aliphatic hydroxyl groups is 1. The smallest absolute Gasteiger partial charge is 0.0803 e. The summed E-state index contributed by atoms with van der Waals surface area (Å²) in [5.74, 6) is 0. The second kappa shape index (κ2) is 4.47. The zero-order valence-corrected chi connectivity index (χ0v) is 6.76. The molecule has 10 heavy (non-hydrogen) atoms. The van der Waals surface area contributed by atoms with Crippen molar-refractivity contribution in [2.24, 2.45) is 0 Å². The monoisotopic (exact) mass is 144 g/mol. The van der Waals surface area contributed by atoms with Crippen molar-refractivity contribution >= 4 is 0 Å². The second-order valence-electron chi connectivity index (χ2n) is 2.73. The van der Waals surface area contributed by atoms with Gasteiger partial charge in [0.25, 0.3) is 0 Å². The molecule has 0 rings (SSSR count). The molecule has 0 aliphatic rings. The van der Waals surface area contributed by atoms with E-state index in [2.05, 4.69) is 6.58 Å². The molecule has 0 aromatic heterocycles. The highest BCUT2D eigenvalue weighted by molar-refractivity contribution is 4.89. The van der Waals surface area contributed by atoms with Gasteiger partial charge in [0.1, 0.15) is 0 Å². The van der Waals surface area contributed by atoms with E-state index in [0.29, 0.717) is 13.0 Å². The van der Waals surface area contributed by atoms with Crippen LogP contribution in [0.3, 0.4) is 0 Å². The van der Waals surface area contributed by atoms with Crippen molar-refractivity contribution < 1.29 is 9.84 Å². The molecule has 0 unspecified atom stereocenters. The molecule has 0 heterocycles. The van der Waals surface area contributed by atoms with E-state index in [4.69, 9.17) is 9.84 Å². The van der Waals surface area contributed by atoms with Crippen molar-refractivity contribution in [3.8, 4) is 0 Å². The normalized spacial score (nSPS) is 11.5. The Labute approximate surface area is 62.5 Å². The topological polar surface area (TPSA) is 29.5 Å². The van der Waals surface area contributed by atoms with Crippen LogP contribution < -0.4 is 0 Å². The highest BCUT2D eigenvalue weighted by Crippen LogP contribution is 2.09. The predicted octanol–water partition coefficient (Wildman–Crippen LogP) is 1.35. The fourth-order valence-electron chi connectivity index (χ4n) is 0.459. The minimum absolute atomic E-state index is 0.188. The first-order chi connectivity index (χ1) is 4.62. The molecule has 0 saturated carbocycles. The van der Waals surface area contributed by atoms with E-state index >= 15 is 0 Å². The minimum Gasteiger partial charge on any atom is -0.396 e. The lowest BCUT2D eigenvalue weighted by molar-refractivity contribution is 0.0128. The largest absolute Gasteiger partial charge is 0.396 e. The van der Waals surface area contributed by atoms with Crippen LogP contribution in [0.4, 0.5) is 0 Å². The summed E-state index contributed by atoms with van der Waals surface area (Å²) in [4.78, 5) is 0. The van der Waals surface area contributed by atoms with Crippen LogP contribution in [0.1, 0.15) is 20.3 Å². The Morgan fingerprint density at radius 1 is 1.60 bits per heavy atom. The average Bonchev–Trinajstić information content (AvgIpc) is 1.89. The average molecular weight is 144 g/mol. The molecular formula is C8H16O2. The fourth-order valence-corrected chi connectivity index (χ4v) is 0.459. The summed E-state index contributed by atoms with van der Waals surface area (Å²) in [5.41, 5.74) is -0.255. The van der Waals surface area contributed by atoms with Gasteiger partial charge < -0.3 is 9.84 Å². The Bertz CT molecular complexity index is 97.4. The molecule has 60 valence electrons. The Morgan fingerprint density at radius 2 is 2.20 bits per heavy atom. The predicted molar refractivity (Wildman–Crippen MR) is 41.9 cm³/mol. The highest BCUT2D eigenvalue weighted by atomic mass is 16.5. The first kappa shape index (κ1) is 9.66. The van der Waals surface area contributed by atoms with Crippen LogP contribution >= 0.6 is 0 Å². The molecular weight excluding hydrogens is 128 g/mol. The van der Waals surface area contributed by atoms with Crippen molar-refractivity contribution in [1.29, 1.82) is 0 Å². The second-order valence-corrected chi connectivity index (χ2v) is 2.73. The number of rotatable bonds is 5. The maximum absolute atomic E-state index is 8.43. The molecule has 0 aromatic rings. The molecule has 2 heteroatoms. The minimum atomic E-state index is -0.255. The summed E-state index contributed by atoms with van der Waals surface area (Å²) in [6.07, 6.45) is 2.45. The maximum Gasteiger partial charge on any atom is 0.0803 e. The summed E-state index contributed by atoms with van der Waals surface area (Å²) in [6.45, 7) is 8.29. The van der Waals surface area contributed by atoms with Crippen molar-refractivity contribution in [2.45, 2.75) is 25.9 Å². The number of hydrogen-bond acceptors (Lipinski definition) is 2. The standard InChI is InChI=1S/C8H16O2/c1-4-8(2,3)10-7-5-6-9/h4,9H,1,5-7H2,2-3H3. The summed E-state index contributed by atoms with van der Waals surface area (Å²) >= 11 is 0. The molecule has 0 aliphatic heterocycles. The molecule has 0 amide bonds. The van der Waals surface area contributed by atoms with E-state index in [1.165, 1.54) is 0 Å². The van der Waals surface area contributed by atoms with E-state index < -0.39 is 0 Å². The van der Waals surface area contributed by atoms with Crippen LogP contribution in [0.2, 0.25) is 0 Å². The summed E-state index contributed by atoms with van der Waals surface area (Å²) in [6, 6.07) is 0. The van der Waals surface area contributed by atoms with Gasteiger partial charge in [0.05, 0.1) is 5.60 Å². The van der Waals surface area contributed by atoms with Gasteiger partial charge in [-0.3, -0.25) is 0 Å². The van der Waals surface area contributed by atoms with Crippen LogP contribution in [-0.2, 0) is 4.74 Å². The van der Waals surface area contributed by atoms with E-state index in [1.807, 2.05) is 13.8 Å². The molecule has 0 saturated heterocycles. The van der Waals surface area contributed by atoms with Gasteiger partial charge in [-0.15, -0.1) is 6.58 Å². The van der Waals surface area contributed by atoms with Gasteiger partial charge in [-0.2, -0.15) is 0 Å². The fraction of sp³-hybridized carbons (Fsp3) is 0.750. The van der Waals surface area contributed by atoms with Crippen LogP contribution in [-0.4, -0.2) is 23.9 Å². The van der Waals surface area contributed by atoms with Crippen LogP contribution in [0, 0.1) is 0 Å². The number of aliphatic hydroxyl groups excluding tert-OH is 1. The highest BCUT2D eigenvalue weighted by Gasteiger charge is 2.11. The molecule has 1 N–H and O–H groups in total. The van der Waals surface area contributed by atoms with Gasteiger partial charge >= 0.3 is 0 Å². The Balaban J connectivity index is 3.37. The van der Waals surface area contributed by atoms with E-state index in [0.717, 1.165) is 0 Å². The molecule has 0 aliphatic carbocycles. The first-order valence-electron chi connectivity index (χ1n) is 3.51. The number of ether oxygens (including phenoxy) is 1. The molecule has 0 atom stereocenters. The van der Waals surface area contributed by atoms with Crippen LogP contribution in [0.5, 0.6) is 0 Å². The zero-order valence-electron chi connectivity index (χ0n) is 6.76. The summed E-state index contributed by atoms with van der Waals surface area (Å²) in [7, 11) is 0. The lowest BCUT2D eigenvalue weighted by Crippen LogP contribution is -2.21. The van der Waals surface area contributed by atoms with E-state index in [-0.39, 0.29) is 12.2 Å². The Kier molecular flexibility index (Phi) is 4.32. The van der Waals surface area contributed by atoms with Gasteiger partial charge in [-0.1, -0.05) is 6.08 Å². The van der Waals surface area contributed by atoms with Gasteiger partial charge in [-0.05, 0) is 20.3 Å². The van der Waals surface area contributed by atoms with E-state index in [1.54, 1.807) is 6.08 Å². The number of hydrogen-bond donors (Lipinski definition) is 1. The molecule has 0 fully saturated rings. The summed E-state index contributed by atoms with van der Waals surface area (Å²) < 4.78 is 5.34. The van der Waals surface area contributed by atoms with Gasteiger partial charge in [0, 0.05) is 13.2 Å². The van der Waals surface area contributed by atoms with Crippen LogP contribution in [0.15, 0.2) is 12.7 Å². The third-order valence-corrected chi connectivity index (χ3v) is 1.27. The molecule has 0 spiro atoms. The Hall–Kier alpha value is -0.340. The maximum atomic E-state index is 8.43. The van der Waals surface area contributed by atoms with Crippen molar-refractivity contribution in [2.75, 3.05) is 13.2 Å². The molecule has 0 bridgehead atoms. The third kappa shape index (κ3) is 4.53. The quantitative estimate of drug-likeness (QED) is 0.466. The Morgan fingerprint density at radius 3 is 2.60 bits per heavy atom. The molecule has 0 radical (unpaired) electrons. The molecule has 0 aromatic carbocycles. The summed E-state index contributed by atoms with van der Waals surface area (Å²) in [5, 5.41) is 8.43. The lowest BCUT2D eigenvalue weighted by Gasteiger charge is -2.20. The van der Waals surface area contributed by atoms with Crippen molar-refractivity contribution in [1.82, 2.24) is 0 Å². The van der Waals surface area contributed by atoms with Crippen molar-refractivity contribution in [3.05, 3.63) is 12.7 Å². The zero-order chi connectivity index (χ0) is 8.04. The van der Waals surface area contributed by atoms with Crippen molar-refractivity contribution in [3.63, 3.8) is 0 Å². The molecule has 2 nitrogen and oxygen atoms in total. The first-order valence-corrected chi connectivity index (χ1v) is 3.51. The third-order valence-electron chi connectivity index (χ3n) is 1.27. The van der Waals surface area contributed by atoms with Gasteiger partial charge in [0.15, 0.2) is 0 Å². The van der Waals surface area contributed by atoms with Crippen LogP contribution in [0.25, 0.3) is 0 Å². The van der Waals surface area contributed by atoms with Gasteiger partial charge in [0.2, 0.25) is 0 Å². The van der Waals surface area contributed by atoms with Gasteiger partial charge in [-0.25, -0.2) is 0 Å². The van der Waals surface area contributed by atoms with E-state index in [9.17, 15) is 0 Å².